The van der Waals surface area contributed by atoms with Gasteiger partial charge in [-0.2, -0.15) is 9.57 Å². The zero-order valence-corrected chi connectivity index (χ0v) is 18.4. The van der Waals surface area contributed by atoms with Gasteiger partial charge in [0.2, 0.25) is 10.0 Å². The molecule has 1 saturated heterocycles. The van der Waals surface area contributed by atoms with Crippen LogP contribution in [0.1, 0.15) is 24.5 Å². The lowest BCUT2D eigenvalue weighted by atomic mass is 9.77. The number of para-hydroxylation sites is 1. The van der Waals surface area contributed by atoms with Gasteiger partial charge in [0.25, 0.3) is 0 Å². The van der Waals surface area contributed by atoms with Crippen LogP contribution in [-0.2, 0) is 10.0 Å². The first-order chi connectivity index (χ1) is 14.3. The molecule has 2 aromatic rings. The van der Waals surface area contributed by atoms with Gasteiger partial charge in [-0.15, -0.1) is 6.58 Å². The third-order valence-corrected chi connectivity index (χ3v) is 7.67. The Morgan fingerprint density at radius 3 is 2.50 bits per heavy atom. The van der Waals surface area contributed by atoms with Crippen molar-refractivity contribution < 1.29 is 13.2 Å². The van der Waals surface area contributed by atoms with Gasteiger partial charge in [0.1, 0.15) is 5.75 Å². The zero-order valence-electron chi connectivity index (χ0n) is 17.6. The first-order valence-electron chi connectivity index (χ1n) is 9.80. The van der Waals surface area contributed by atoms with Crippen molar-refractivity contribution in [3.8, 4) is 11.8 Å². The zero-order chi connectivity index (χ0) is 21.9. The number of hydrogen-bond donors (Lipinski definition) is 0. The molecule has 1 atom stereocenters. The van der Waals surface area contributed by atoms with Crippen molar-refractivity contribution >= 4 is 15.6 Å². The fraction of sp³-hybridized carbons (Fsp3) is 0.292. The lowest BCUT2D eigenvalue weighted by molar-refractivity contribution is 0.400. The van der Waals surface area contributed by atoms with Gasteiger partial charge in [0.15, 0.2) is 0 Å². The number of nitriles is 1. The number of sulfonamides is 1. The summed E-state index contributed by atoms with van der Waals surface area (Å²) in [5.41, 5.74) is 2.22. The largest absolute Gasteiger partial charge is 0.496 e. The molecule has 0 N–H and O–H groups in total. The Balaban J connectivity index is 2.17. The van der Waals surface area contributed by atoms with E-state index >= 15 is 0 Å². The number of aryl methyl sites for hydroxylation is 1. The highest BCUT2D eigenvalue weighted by atomic mass is 32.2. The van der Waals surface area contributed by atoms with Crippen molar-refractivity contribution in [1.29, 1.82) is 5.26 Å². The average Bonchev–Trinajstić information content (AvgIpc) is 3.16. The second kappa shape index (κ2) is 8.47. The molecule has 156 valence electrons. The molecule has 0 radical (unpaired) electrons. The number of nitrogens with zero attached hydrogens (tertiary/aromatic N) is 2. The summed E-state index contributed by atoms with van der Waals surface area (Å²) >= 11 is 0. The Morgan fingerprint density at radius 1 is 1.27 bits per heavy atom. The molecular formula is C24H26N2O3S. The summed E-state index contributed by atoms with van der Waals surface area (Å²) in [5.74, 6) is 0.579. The van der Waals surface area contributed by atoms with E-state index in [2.05, 4.69) is 12.6 Å². The van der Waals surface area contributed by atoms with Gasteiger partial charge in [-0.1, -0.05) is 42.8 Å². The van der Waals surface area contributed by atoms with Crippen molar-refractivity contribution in [3.63, 3.8) is 0 Å². The molecule has 30 heavy (non-hydrogen) atoms. The summed E-state index contributed by atoms with van der Waals surface area (Å²) in [6, 6.07) is 16.4. The molecule has 5 nitrogen and oxygen atoms in total. The topological polar surface area (TPSA) is 70.4 Å². The summed E-state index contributed by atoms with van der Waals surface area (Å²) in [5, 5.41) is 10.1. The highest BCUT2D eigenvalue weighted by molar-refractivity contribution is 7.89. The average molecular weight is 423 g/mol. The third kappa shape index (κ3) is 3.67. The molecule has 1 fully saturated rings. The molecular weight excluding hydrogens is 396 g/mol. The van der Waals surface area contributed by atoms with E-state index in [1.54, 1.807) is 43.5 Å². The summed E-state index contributed by atoms with van der Waals surface area (Å²) in [6.45, 7) is 8.28. The van der Waals surface area contributed by atoms with Gasteiger partial charge in [0.05, 0.1) is 23.6 Å². The van der Waals surface area contributed by atoms with Crippen molar-refractivity contribution in [2.24, 2.45) is 5.41 Å². The molecule has 1 unspecified atom stereocenters. The fourth-order valence-corrected chi connectivity index (χ4v) is 5.43. The van der Waals surface area contributed by atoms with Crippen LogP contribution in [0.5, 0.6) is 5.75 Å². The maximum absolute atomic E-state index is 13.3. The van der Waals surface area contributed by atoms with Crippen molar-refractivity contribution in [2.45, 2.75) is 25.2 Å². The molecule has 0 bridgehead atoms. The highest BCUT2D eigenvalue weighted by Crippen LogP contribution is 2.46. The molecule has 1 heterocycles. The van der Waals surface area contributed by atoms with E-state index in [9.17, 15) is 13.7 Å². The normalized spacial score (nSPS) is 21.1. The minimum Gasteiger partial charge on any atom is -0.496 e. The second-order valence-electron chi connectivity index (χ2n) is 7.47. The van der Waals surface area contributed by atoms with E-state index in [1.807, 2.05) is 32.0 Å². The Hall–Kier alpha value is -2.88. The van der Waals surface area contributed by atoms with Crippen LogP contribution in [0.2, 0.25) is 0 Å². The standard InChI is InChI=1S/C24H26N2O3S/c1-5-24(6-2)17-26(30(27,28)19-13-11-18(3)12-14-19)16-22(24)21(15-25)20-9-7-8-10-23(20)29-4/h5,7-14H,1,6,16-17H2,2-4H3/b22-21+. The van der Waals surface area contributed by atoms with Crippen molar-refractivity contribution in [3.05, 3.63) is 77.9 Å². The first-order valence-corrected chi connectivity index (χ1v) is 11.2. The molecule has 0 saturated carbocycles. The van der Waals surface area contributed by atoms with Crippen LogP contribution in [0.3, 0.4) is 0 Å². The predicted octanol–water partition coefficient (Wildman–Crippen LogP) is 4.57. The Bertz CT molecular complexity index is 1130. The number of benzene rings is 2. The van der Waals surface area contributed by atoms with Gasteiger partial charge in [0, 0.05) is 24.1 Å². The lowest BCUT2D eigenvalue weighted by Crippen LogP contribution is -2.31. The molecule has 6 heteroatoms. The summed E-state index contributed by atoms with van der Waals surface area (Å²) < 4.78 is 33.6. The van der Waals surface area contributed by atoms with E-state index in [4.69, 9.17) is 4.74 Å². The minimum atomic E-state index is -3.71. The first kappa shape index (κ1) is 21.8. The summed E-state index contributed by atoms with van der Waals surface area (Å²) in [4.78, 5) is 0.249. The lowest BCUT2D eigenvalue weighted by Gasteiger charge is -2.26. The van der Waals surface area contributed by atoms with Gasteiger partial charge < -0.3 is 4.74 Å². The smallest absolute Gasteiger partial charge is 0.243 e. The monoisotopic (exact) mass is 422 g/mol. The maximum Gasteiger partial charge on any atom is 0.243 e. The van der Waals surface area contributed by atoms with Crippen LogP contribution in [-0.4, -0.2) is 32.9 Å². The molecule has 1 aliphatic rings. The van der Waals surface area contributed by atoms with E-state index in [-0.39, 0.29) is 18.0 Å². The number of rotatable bonds is 6. The van der Waals surface area contributed by atoms with E-state index < -0.39 is 15.4 Å². The molecule has 0 amide bonds. The molecule has 3 rings (SSSR count). The minimum absolute atomic E-state index is 0.136. The predicted molar refractivity (Wildman–Crippen MR) is 118 cm³/mol. The SMILES string of the molecule is C=CC1(CC)CN(S(=O)(=O)c2ccc(C)cc2)C/C1=C(/C#N)c1ccccc1OC. The fourth-order valence-electron chi connectivity index (χ4n) is 3.96. The summed E-state index contributed by atoms with van der Waals surface area (Å²) in [6.07, 6.45) is 2.41. The van der Waals surface area contributed by atoms with Crippen LogP contribution in [0.15, 0.2) is 71.7 Å². The van der Waals surface area contributed by atoms with Crippen LogP contribution >= 0.6 is 0 Å². The molecule has 2 aromatic carbocycles. The quantitative estimate of drug-likeness (QED) is 0.505. The van der Waals surface area contributed by atoms with Crippen LogP contribution in [0.25, 0.3) is 5.57 Å². The van der Waals surface area contributed by atoms with Crippen molar-refractivity contribution in [2.75, 3.05) is 20.2 Å². The molecule has 1 aliphatic heterocycles. The second-order valence-corrected chi connectivity index (χ2v) is 9.40. The molecule has 0 aromatic heterocycles. The Labute approximate surface area is 179 Å². The van der Waals surface area contributed by atoms with E-state index in [1.165, 1.54) is 4.31 Å². The third-order valence-electron chi connectivity index (χ3n) is 5.86. The number of methoxy groups -OCH3 is 1. The van der Waals surface area contributed by atoms with Crippen LogP contribution in [0, 0.1) is 23.7 Å². The van der Waals surface area contributed by atoms with E-state index in [0.29, 0.717) is 23.3 Å². The van der Waals surface area contributed by atoms with Crippen LogP contribution < -0.4 is 4.74 Å². The van der Waals surface area contributed by atoms with Crippen LogP contribution in [0.4, 0.5) is 0 Å². The molecule has 0 aliphatic carbocycles. The van der Waals surface area contributed by atoms with Gasteiger partial charge in [-0.05, 0) is 43.2 Å². The van der Waals surface area contributed by atoms with E-state index in [0.717, 1.165) is 11.1 Å². The Kier molecular flexibility index (Phi) is 6.16. The molecule has 0 spiro atoms. The maximum atomic E-state index is 13.3. The van der Waals surface area contributed by atoms with Gasteiger partial charge >= 0.3 is 0 Å². The van der Waals surface area contributed by atoms with Gasteiger partial charge in [-0.3, -0.25) is 0 Å². The highest BCUT2D eigenvalue weighted by Gasteiger charge is 2.45. The van der Waals surface area contributed by atoms with Crippen molar-refractivity contribution in [1.82, 2.24) is 4.31 Å². The number of ether oxygens (including phenoxy) is 1. The number of allylic oxidation sites excluding steroid dienone is 1. The Morgan fingerprint density at radius 2 is 1.93 bits per heavy atom. The summed E-state index contributed by atoms with van der Waals surface area (Å²) in [7, 11) is -2.15. The number of hydrogen-bond acceptors (Lipinski definition) is 4. The van der Waals surface area contributed by atoms with Gasteiger partial charge in [-0.25, -0.2) is 8.42 Å².